The molecule has 1 saturated carbocycles. The zero-order chi connectivity index (χ0) is 26.7. The van der Waals surface area contributed by atoms with Gasteiger partial charge in [-0.1, -0.05) is 11.6 Å². The lowest BCUT2D eigenvalue weighted by Gasteiger charge is -2.37. The number of likely N-dealkylation sites (N-methyl/N-ethyl adjacent to an activating group) is 1. The van der Waals surface area contributed by atoms with E-state index in [4.69, 9.17) is 11.6 Å². The van der Waals surface area contributed by atoms with Crippen LogP contribution in [0.15, 0.2) is 18.3 Å². The quantitative estimate of drug-likeness (QED) is 0.480. The van der Waals surface area contributed by atoms with Crippen molar-refractivity contribution in [2.45, 2.75) is 44.3 Å². The molecule has 3 N–H and O–H groups in total. The van der Waals surface area contributed by atoms with Gasteiger partial charge in [-0.15, -0.1) is 11.3 Å². The molecule has 4 rings (SSSR count). The predicted molar refractivity (Wildman–Crippen MR) is 139 cm³/mol. The minimum atomic E-state index is -0.886. The molecule has 0 saturated heterocycles. The Bertz CT molecular complexity index is 1190. The zero-order valence-corrected chi connectivity index (χ0v) is 22.5. The highest BCUT2D eigenvalue weighted by atomic mass is 35.5. The first-order chi connectivity index (χ1) is 17.6. The van der Waals surface area contributed by atoms with Crippen LogP contribution in [-0.4, -0.2) is 83.2 Å². The molecule has 0 bridgehead atoms. The molecule has 0 spiro atoms. The number of fused-ring (bicyclic) bond motifs is 1. The SMILES string of the molecule is CN1CCc2nc(C(=O)NC3C[C@@H](C(=O)N(C)C)CCC3NC(=O)C(=O)Nc3ccc(Cl)cn3)sc2C1. The second-order valence-corrected chi connectivity index (χ2v) is 11.1. The van der Waals surface area contributed by atoms with Crippen LogP contribution in [0.5, 0.6) is 0 Å². The molecule has 2 aromatic heterocycles. The van der Waals surface area contributed by atoms with Gasteiger partial charge in [0.25, 0.3) is 5.91 Å². The van der Waals surface area contributed by atoms with Crippen LogP contribution in [0.4, 0.5) is 5.82 Å². The Morgan fingerprint density at radius 2 is 1.89 bits per heavy atom. The third-order valence-electron chi connectivity index (χ3n) is 6.56. The van der Waals surface area contributed by atoms with Gasteiger partial charge in [-0.25, -0.2) is 9.97 Å². The highest BCUT2D eigenvalue weighted by Gasteiger charge is 2.37. The van der Waals surface area contributed by atoms with Gasteiger partial charge in [0, 0.05) is 56.6 Å². The van der Waals surface area contributed by atoms with Gasteiger partial charge in [-0.3, -0.25) is 19.2 Å². The first-order valence-corrected chi connectivity index (χ1v) is 13.2. The van der Waals surface area contributed by atoms with E-state index in [0.29, 0.717) is 29.3 Å². The number of hydrogen-bond donors (Lipinski definition) is 3. The van der Waals surface area contributed by atoms with Crippen molar-refractivity contribution < 1.29 is 19.2 Å². The van der Waals surface area contributed by atoms with Crippen LogP contribution in [0.1, 0.15) is 39.6 Å². The molecule has 2 aromatic rings. The van der Waals surface area contributed by atoms with E-state index >= 15 is 0 Å². The third-order valence-corrected chi connectivity index (χ3v) is 7.87. The highest BCUT2D eigenvalue weighted by molar-refractivity contribution is 7.13. The van der Waals surface area contributed by atoms with Gasteiger partial charge in [-0.05, 0) is 38.4 Å². The van der Waals surface area contributed by atoms with E-state index in [1.165, 1.54) is 28.5 Å². The smallest absolute Gasteiger partial charge is 0.314 e. The van der Waals surface area contributed by atoms with Crippen LogP contribution in [0, 0.1) is 5.92 Å². The van der Waals surface area contributed by atoms with Crippen LogP contribution in [0.2, 0.25) is 5.02 Å². The summed E-state index contributed by atoms with van der Waals surface area (Å²) in [6.45, 7) is 1.63. The Morgan fingerprint density at radius 1 is 1.11 bits per heavy atom. The Hall–Kier alpha value is -3.09. The molecule has 4 amide bonds. The van der Waals surface area contributed by atoms with Crippen molar-refractivity contribution in [2.24, 2.45) is 5.92 Å². The van der Waals surface area contributed by atoms with Gasteiger partial charge in [0.1, 0.15) is 5.82 Å². The summed E-state index contributed by atoms with van der Waals surface area (Å²) in [6, 6.07) is 1.95. The molecule has 198 valence electrons. The number of carbonyl (C=O) groups excluding carboxylic acids is 4. The molecule has 1 aliphatic heterocycles. The van der Waals surface area contributed by atoms with Gasteiger partial charge in [0.2, 0.25) is 5.91 Å². The maximum Gasteiger partial charge on any atom is 0.314 e. The number of carbonyl (C=O) groups is 4. The molecule has 0 aromatic carbocycles. The van der Waals surface area contributed by atoms with Gasteiger partial charge in [0.05, 0.1) is 16.8 Å². The largest absolute Gasteiger partial charge is 0.349 e. The molecule has 37 heavy (non-hydrogen) atoms. The number of pyridine rings is 1. The van der Waals surface area contributed by atoms with E-state index in [0.717, 1.165) is 30.1 Å². The van der Waals surface area contributed by atoms with E-state index in [9.17, 15) is 19.2 Å². The summed E-state index contributed by atoms with van der Waals surface area (Å²) >= 11 is 7.17. The minimum absolute atomic E-state index is 0.0386. The number of anilines is 1. The fourth-order valence-electron chi connectivity index (χ4n) is 4.60. The lowest BCUT2D eigenvalue weighted by molar-refractivity contribution is -0.137. The highest BCUT2D eigenvalue weighted by Crippen LogP contribution is 2.28. The van der Waals surface area contributed by atoms with E-state index in [1.54, 1.807) is 20.2 Å². The van der Waals surface area contributed by atoms with Gasteiger partial charge >= 0.3 is 11.8 Å². The van der Waals surface area contributed by atoms with E-state index in [2.05, 4.69) is 30.8 Å². The van der Waals surface area contributed by atoms with Crippen LogP contribution < -0.4 is 16.0 Å². The molecule has 3 heterocycles. The first-order valence-electron chi connectivity index (χ1n) is 12.0. The molecule has 1 aliphatic carbocycles. The normalized spacial score (nSPS) is 21.5. The minimum Gasteiger partial charge on any atom is -0.349 e. The van der Waals surface area contributed by atoms with Crippen molar-refractivity contribution in [3.8, 4) is 0 Å². The summed E-state index contributed by atoms with van der Waals surface area (Å²) in [7, 11) is 5.41. The molecular formula is C24H30ClN7O4S. The van der Waals surface area contributed by atoms with Crippen molar-refractivity contribution in [3.05, 3.63) is 38.9 Å². The van der Waals surface area contributed by atoms with Crippen LogP contribution in [-0.2, 0) is 27.3 Å². The Balaban J connectivity index is 1.45. The van der Waals surface area contributed by atoms with Gasteiger partial charge in [0.15, 0.2) is 5.01 Å². The van der Waals surface area contributed by atoms with Crippen LogP contribution >= 0.6 is 22.9 Å². The van der Waals surface area contributed by atoms with Crippen molar-refractivity contribution in [2.75, 3.05) is 33.0 Å². The van der Waals surface area contributed by atoms with Crippen molar-refractivity contribution in [1.29, 1.82) is 0 Å². The average Bonchev–Trinajstić information content (AvgIpc) is 3.29. The number of nitrogens with zero attached hydrogens (tertiary/aromatic N) is 4. The number of rotatable bonds is 5. The lowest BCUT2D eigenvalue weighted by atomic mass is 9.81. The topological polar surface area (TPSA) is 137 Å². The molecule has 1 fully saturated rings. The maximum absolute atomic E-state index is 13.2. The van der Waals surface area contributed by atoms with Crippen molar-refractivity contribution >= 4 is 52.4 Å². The first kappa shape index (κ1) is 27.0. The molecular weight excluding hydrogens is 518 g/mol. The summed E-state index contributed by atoms with van der Waals surface area (Å²) in [5.41, 5.74) is 0.940. The predicted octanol–water partition coefficient (Wildman–Crippen LogP) is 1.29. The van der Waals surface area contributed by atoms with E-state index in [1.807, 2.05) is 7.05 Å². The van der Waals surface area contributed by atoms with E-state index in [-0.39, 0.29) is 23.6 Å². The number of halogens is 1. The van der Waals surface area contributed by atoms with Gasteiger partial charge in [-0.2, -0.15) is 0 Å². The van der Waals surface area contributed by atoms with Gasteiger partial charge < -0.3 is 25.8 Å². The van der Waals surface area contributed by atoms with Crippen molar-refractivity contribution in [3.63, 3.8) is 0 Å². The third kappa shape index (κ3) is 6.62. The maximum atomic E-state index is 13.2. The average molecular weight is 548 g/mol. The fraction of sp³-hybridized carbons (Fsp3) is 0.500. The second-order valence-electron chi connectivity index (χ2n) is 9.60. The van der Waals surface area contributed by atoms with E-state index < -0.39 is 23.9 Å². The molecule has 11 nitrogen and oxygen atoms in total. The second kappa shape index (κ2) is 11.5. The van der Waals surface area contributed by atoms with Crippen molar-refractivity contribution in [1.82, 2.24) is 30.4 Å². The molecule has 3 atom stereocenters. The monoisotopic (exact) mass is 547 g/mol. The Morgan fingerprint density at radius 3 is 2.59 bits per heavy atom. The summed E-state index contributed by atoms with van der Waals surface area (Å²) in [4.78, 5) is 64.3. The summed E-state index contributed by atoms with van der Waals surface area (Å²) < 4.78 is 0. The molecule has 13 heteroatoms. The summed E-state index contributed by atoms with van der Waals surface area (Å²) in [5, 5.41) is 8.91. The fourth-order valence-corrected chi connectivity index (χ4v) is 5.80. The van der Waals surface area contributed by atoms with Crippen LogP contribution in [0.25, 0.3) is 0 Å². The zero-order valence-electron chi connectivity index (χ0n) is 20.9. The number of thiazole rings is 1. The number of nitrogens with one attached hydrogen (secondary N) is 3. The standard InChI is InChI=1S/C24H30ClN7O4S/c1-31(2)24(36)13-4-6-15(27-20(33)21(34)30-19-7-5-14(25)11-26-19)17(10-13)28-22(35)23-29-16-8-9-32(3)12-18(16)37-23/h5,7,11,13,15,17H,4,6,8-10,12H2,1-3H3,(H,27,33)(H,28,35)(H,26,30,34)/t13-,15?,17?/m0/s1. The molecule has 0 radical (unpaired) electrons. The number of hydrogen-bond acceptors (Lipinski definition) is 8. The molecule has 2 unspecified atom stereocenters. The number of amides is 4. The summed E-state index contributed by atoms with van der Waals surface area (Å²) in [5.74, 6) is -2.25. The number of aromatic nitrogens is 2. The molecule has 2 aliphatic rings. The Labute approximate surface area is 224 Å². The Kier molecular flexibility index (Phi) is 8.40. The lowest BCUT2D eigenvalue weighted by Crippen LogP contribution is -2.57. The summed E-state index contributed by atoms with van der Waals surface area (Å²) in [6.07, 6.45) is 3.42. The van der Waals surface area contributed by atoms with Crippen LogP contribution in [0.3, 0.4) is 0 Å².